The number of likely N-dealkylation sites (tertiary alicyclic amines) is 1. The molecule has 4 N–H and O–H groups in total. The van der Waals surface area contributed by atoms with E-state index in [2.05, 4.69) is 25.4 Å². The van der Waals surface area contributed by atoms with Crippen molar-refractivity contribution in [1.82, 2.24) is 20.7 Å². The highest BCUT2D eigenvalue weighted by Crippen LogP contribution is 2.15. The predicted molar refractivity (Wildman–Crippen MR) is 127 cm³/mol. The van der Waals surface area contributed by atoms with Gasteiger partial charge < -0.3 is 30.4 Å². The summed E-state index contributed by atoms with van der Waals surface area (Å²) >= 11 is 0. The molecule has 2 heterocycles. The molecule has 0 aliphatic carbocycles. The number of methoxy groups -OCH3 is 1. The van der Waals surface area contributed by atoms with Crippen LogP contribution in [0.5, 0.6) is 0 Å². The van der Waals surface area contributed by atoms with Crippen LogP contribution in [0.1, 0.15) is 35.4 Å². The van der Waals surface area contributed by atoms with Crippen molar-refractivity contribution in [3.8, 4) is 0 Å². The number of rotatable bonds is 9. The molecule has 1 aliphatic heterocycles. The van der Waals surface area contributed by atoms with E-state index in [1.165, 1.54) is 7.11 Å². The average molecular weight is 472 g/mol. The smallest absolute Gasteiger partial charge is 0.325 e. The number of amides is 1. The van der Waals surface area contributed by atoms with Gasteiger partial charge >= 0.3 is 5.97 Å². The first-order valence-electron chi connectivity index (χ1n) is 11.0. The Bertz CT molecular complexity index is 970. The van der Waals surface area contributed by atoms with E-state index in [1.807, 2.05) is 38.2 Å². The molecule has 1 aromatic heterocycles. The lowest BCUT2D eigenvalue weighted by Gasteiger charge is -2.18. The monoisotopic (exact) mass is 471 g/mol. The third-order valence-electron chi connectivity index (χ3n) is 5.27. The van der Waals surface area contributed by atoms with Crippen molar-refractivity contribution in [1.29, 1.82) is 0 Å². The van der Waals surface area contributed by atoms with E-state index in [9.17, 15) is 14.4 Å². The van der Waals surface area contributed by atoms with E-state index >= 15 is 0 Å². The molecule has 1 saturated heterocycles. The Morgan fingerprint density at radius 1 is 1.32 bits per heavy atom. The van der Waals surface area contributed by atoms with Crippen LogP contribution in [0, 0.1) is 6.92 Å². The maximum absolute atomic E-state index is 12.2. The summed E-state index contributed by atoms with van der Waals surface area (Å²) in [5, 5.41) is 9.39. The van der Waals surface area contributed by atoms with Gasteiger partial charge in [-0.3, -0.25) is 14.5 Å². The molecule has 2 aromatic rings. The van der Waals surface area contributed by atoms with E-state index in [1.54, 1.807) is 12.3 Å². The van der Waals surface area contributed by atoms with Gasteiger partial charge in [0.15, 0.2) is 0 Å². The Hall–Kier alpha value is -3.66. The fourth-order valence-electron chi connectivity index (χ4n) is 3.36. The summed E-state index contributed by atoms with van der Waals surface area (Å²) in [6.45, 7) is 3.35. The lowest BCUT2D eigenvalue weighted by atomic mass is 10.1. The molecular weight excluding hydrogens is 438 g/mol. The Labute approximate surface area is 199 Å². The first kappa shape index (κ1) is 26.6. The van der Waals surface area contributed by atoms with Gasteiger partial charge in [0.2, 0.25) is 5.91 Å². The van der Waals surface area contributed by atoms with E-state index in [-0.39, 0.29) is 24.5 Å². The van der Waals surface area contributed by atoms with Crippen LogP contribution in [0.3, 0.4) is 0 Å². The molecule has 1 unspecified atom stereocenters. The average Bonchev–Trinajstić information content (AvgIpc) is 3.45. The van der Waals surface area contributed by atoms with E-state index in [0.29, 0.717) is 24.4 Å². The summed E-state index contributed by atoms with van der Waals surface area (Å²) in [6, 6.07) is 9.35. The Morgan fingerprint density at radius 3 is 2.62 bits per heavy atom. The molecule has 10 nitrogen and oxygen atoms in total. The van der Waals surface area contributed by atoms with Gasteiger partial charge in [0.25, 0.3) is 0 Å². The van der Waals surface area contributed by atoms with Crippen LogP contribution in [0.15, 0.2) is 41.1 Å². The highest BCUT2D eigenvalue weighted by Gasteiger charge is 2.27. The summed E-state index contributed by atoms with van der Waals surface area (Å²) in [7, 11) is 3.31. The SMILES string of the molecule is COC(=O)CN/C=C(\N)c1ccc(CNC(=O)C2CCCN2C)cc1.Cc1cc(CC=O)on1. The molecule has 1 atom stereocenters. The van der Waals surface area contributed by atoms with Gasteiger partial charge in [-0.1, -0.05) is 29.4 Å². The number of hydrogen-bond acceptors (Lipinski definition) is 9. The molecule has 10 heteroatoms. The molecule has 1 aromatic carbocycles. The van der Waals surface area contributed by atoms with Crippen LogP contribution in [0.25, 0.3) is 5.70 Å². The maximum Gasteiger partial charge on any atom is 0.325 e. The van der Waals surface area contributed by atoms with Crippen molar-refractivity contribution in [3.63, 3.8) is 0 Å². The number of likely N-dealkylation sites (N-methyl/N-ethyl adjacent to an activating group) is 1. The molecule has 0 spiro atoms. The van der Waals surface area contributed by atoms with Gasteiger partial charge in [-0.05, 0) is 44.5 Å². The van der Waals surface area contributed by atoms with Crippen LogP contribution in [0.2, 0.25) is 0 Å². The van der Waals surface area contributed by atoms with Gasteiger partial charge in [-0.15, -0.1) is 0 Å². The number of carbonyl (C=O) groups excluding carboxylic acids is 3. The second-order valence-electron chi connectivity index (χ2n) is 7.92. The third kappa shape index (κ3) is 8.70. The predicted octanol–water partition coefficient (Wildman–Crippen LogP) is 1.14. The second-order valence-corrected chi connectivity index (χ2v) is 7.92. The Morgan fingerprint density at radius 2 is 2.06 bits per heavy atom. The fourth-order valence-corrected chi connectivity index (χ4v) is 3.36. The molecule has 0 bridgehead atoms. The van der Waals surface area contributed by atoms with Crippen LogP contribution >= 0.6 is 0 Å². The second kappa shape index (κ2) is 13.8. The normalized spacial score (nSPS) is 15.7. The number of nitrogens with one attached hydrogen (secondary N) is 2. The number of benzene rings is 1. The van der Waals surface area contributed by atoms with E-state index < -0.39 is 0 Å². The van der Waals surface area contributed by atoms with Crippen molar-refractivity contribution < 1.29 is 23.6 Å². The summed E-state index contributed by atoms with van der Waals surface area (Å²) < 4.78 is 9.26. The number of aromatic nitrogens is 1. The molecule has 0 radical (unpaired) electrons. The highest BCUT2D eigenvalue weighted by molar-refractivity contribution is 5.82. The quantitative estimate of drug-likeness (QED) is 0.363. The van der Waals surface area contributed by atoms with Gasteiger partial charge in [-0.25, -0.2) is 0 Å². The lowest BCUT2D eigenvalue weighted by Crippen LogP contribution is -2.41. The standard InChI is InChI=1S/C18H26N4O3.C6H7NO2/c1-22-9-3-4-16(22)18(24)21-10-13-5-7-14(8-6-13)15(19)11-20-12-17(23)25-2;1-5-4-6(2-3-8)9-7-5/h5-8,11,16,20H,3-4,9-10,12,19H2,1-2H3,(H,21,24);3-4H,2H2,1H3/b15-11-;. The van der Waals surface area contributed by atoms with Crippen molar-refractivity contribution in [2.75, 3.05) is 27.2 Å². The summed E-state index contributed by atoms with van der Waals surface area (Å²) in [5.74, 6) is 0.348. The minimum atomic E-state index is -0.358. The van der Waals surface area contributed by atoms with E-state index in [0.717, 1.165) is 42.5 Å². The highest BCUT2D eigenvalue weighted by atomic mass is 16.5. The summed E-state index contributed by atoms with van der Waals surface area (Å²) in [5.41, 5.74) is 9.14. The summed E-state index contributed by atoms with van der Waals surface area (Å²) in [4.78, 5) is 35.2. The molecule has 184 valence electrons. The molecule has 3 rings (SSSR count). The number of carbonyl (C=O) groups is 3. The number of hydrogen-bond donors (Lipinski definition) is 3. The number of nitrogens with zero attached hydrogens (tertiary/aromatic N) is 2. The number of aldehydes is 1. The van der Waals surface area contributed by atoms with Crippen molar-refractivity contribution in [2.45, 2.75) is 38.8 Å². The maximum atomic E-state index is 12.2. The number of nitrogens with two attached hydrogens (primary N) is 1. The zero-order chi connectivity index (χ0) is 24.9. The van der Waals surface area contributed by atoms with Gasteiger partial charge in [-0.2, -0.15) is 0 Å². The molecular formula is C24H33N5O5. The molecule has 1 aliphatic rings. The fraction of sp³-hybridized carbons (Fsp3) is 0.417. The van der Waals surface area contributed by atoms with Gasteiger partial charge in [0.1, 0.15) is 18.6 Å². The zero-order valence-corrected chi connectivity index (χ0v) is 19.9. The molecule has 1 amide bonds. The topological polar surface area (TPSA) is 140 Å². The van der Waals surface area contributed by atoms with Crippen LogP contribution in [0.4, 0.5) is 0 Å². The van der Waals surface area contributed by atoms with Crippen molar-refractivity contribution in [3.05, 3.63) is 59.1 Å². The molecule has 1 fully saturated rings. The van der Waals surface area contributed by atoms with Crippen LogP contribution in [-0.2, 0) is 32.1 Å². The summed E-state index contributed by atoms with van der Waals surface area (Å²) in [6.07, 6.45) is 4.67. The van der Waals surface area contributed by atoms with E-state index in [4.69, 9.17) is 10.3 Å². The largest absolute Gasteiger partial charge is 0.468 e. The Balaban J connectivity index is 0.000000379. The van der Waals surface area contributed by atoms with Crippen molar-refractivity contribution >= 4 is 23.9 Å². The van der Waals surface area contributed by atoms with Crippen LogP contribution in [-0.4, -0.2) is 61.5 Å². The number of aryl methyl sites for hydroxylation is 1. The Kier molecular flexibility index (Phi) is 10.8. The van der Waals surface area contributed by atoms with Crippen LogP contribution < -0.4 is 16.4 Å². The third-order valence-corrected chi connectivity index (χ3v) is 5.27. The molecule has 0 saturated carbocycles. The number of ether oxygens (including phenoxy) is 1. The zero-order valence-electron chi connectivity index (χ0n) is 19.9. The molecule has 34 heavy (non-hydrogen) atoms. The van der Waals surface area contributed by atoms with Gasteiger partial charge in [0.05, 0.1) is 31.0 Å². The lowest BCUT2D eigenvalue weighted by molar-refractivity contribution is -0.139. The minimum absolute atomic E-state index is 0.0151. The minimum Gasteiger partial charge on any atom is -0.468 e. The first-order valence-corrected chi connectivity index (χ1v) is 11.0. The first-order chi connectivity index (χ1) is 16.3. The number of esters is 1. The van der Waals surface area contributed by atoms with Gasteiger partial charge in [0, 0.05) is 18.8 Å². The van der Waals surface area contributed by atoms with Crippen molar-refractivity contribution in [2.24, 2.45) is 5.73 Å².